The van der Waals surface area contributed by atoms with E-state index in [0.717, 1.165) is 17.5 Å². The average Bonchev–Trinajstić information content (AvgIpc) is 2.41. The van der Waals surface area contributed by atoms with Gasteiger partial charge >= 0.3 is 0 Å². The van der Waals surface area contributed by atoms with Crippen LogP contribution in [0.15, 0.2) is 41.5 Å². The standard InChI is InChI=1S/C17H22N2O2/c1-13-8-9-15(18-12-13)19-11-5-7-14(16(19)20)6-4-10-17(2,3)21/h5,7-9,11-12,21H,4,6,10H2,1-3H3. The van der Waals surface area contributed by atoms with Crippen LogP contribution in [-0.4, -0.2) is 20.3 Å². The molecule has 0 radical (unpaired) electrons. The lowest BCUT2D eigenvalue weighted by Crippen LogP contribution is -2.23. The van der Waals surface area contributed by atoms with Crippen LogP contribution in [-0.2, 0) is 6.42 Å². The van der Waals surface area contributed by atoms with Gasteiger partial charge in [-0.2, -0.15) is 0 Å². The van der Waals surface area contributed by atoms with Gasteiger partial charge in [-0.25, -0.2) is 4.98 Å². The number of rotatable bonds is 5. The van der Waals surface area contributed by atoms with E-state index >= 15 is 0 Å². The first-order chi connectivity index (χ1) is 9.87. The molecule has 2 rings (SSSR count). The predicted molar refractivity (Wildman–Crippen MR) is 83.8 cm³/mol. The Morgan fingerprint density at radius 1 is 1.29 bits per heavy atom. The van der Waals surface area contributed by atoms with Gasteiger partial charge in [-0.1, -0.05) is 12.1 Å². The third-order valence-corrected chi connectivity index (χ3v) is 3.40. The Morgan fingerprint density at radius 3 is 2.67 bits per heavy atom. The molecule has 0 spiro atoms. The Hall–Kier alpha value is -1.94. The highest BCUT2D eigenvalue weighted by Crippen LogP contribution is 2.12. The third kappa shape index (κ3) is 4.26. The Morgan fingerprint density at radius 2 is 2.05 bits per heavy atom. The maximum atomic E-state index is 12.5. The van der Waals surface area contributed by atoms with E-state index in [1.807, 2.05) is 31.2 Å². The van der Waals surface area contributed by atoms with Gasteiger partial charge in [0.15, 0.2) is 0 Å². The first-order valence-electron chi connectivity index (χ1n) is 7.23. The van der Waals surface area contributed by atoms with Crippen LogP contribution in [0.25, 0.3) is 5.82 Å². The number of aryl methyl sites for hydroxylation is 2. The number of aliphatic hydroxyl groups is 1. The molecular weight excluding hydrogens is 264 g/mol. The molecule has 0 bridgehead atoms. The van der Waals surface area contributed by atoms with Gasteiger partial charge in [0.25, 0.3) is 5.56 Å². The van der Waals surface area contributed by atoms with Crippen molar-refractivity contribution in [1.82, 2.24) is 9.55 Å². The number of aromatic nitrogens is 2. The van der Waals surface area contributed by atoms with E-state index in [4.69, 9.17) is 0 Å². The summed E-state index contributed by atoms with van der Waals surface area (Å²) in [5.41, 5.74) is 1.09. The van der Waals surface area contributed by atoms with Crippen molar-refractivity contribution < 1.29 is 5.11 Å². The summed E-state index contributed by atoms with van der Waals surface area (Å²) in [7, 11) is 0. The van der Waals surface area contributed by atoms with Crippen molar-refractivity contribution in [2.45, 2.75) is 45.6 Å². The zero-order chi connectivity index (χ0) is 15.5. The summed E-state index contributed by atoms with van der Waals surface area (Å²) in [5.74, 6) is 0.634. The normalized spacial score (nSPS) is 11.6. The Labute approximate surface area is 125 Å². The summed E-state index contributed by atoms with van der Waals surface area (Å²) in [6.45, 7) is 5.53. The monoisotopic (exact) mass is 286 g/mol. The fraction of sp³-hybridized carbons (Fsp3) is 0.412. The van der Waals surface area contributed by atoms with Gasteiger partial charge in [0.2, 0.25) is 0 Å². The molecule has 2 heterocycles. The van der Waals surface area contributed by atoms with E-state index in [9.17, 15) is 9.90 Å². The maximum absolute atomic E-state index is 12.5. The molecule has 21 heavy (non-hydrogen) atoms. The third-order valence-electron chi connectivity index (χ3n) is 3.40. The van der Waals surface area contributed by atoms with E-state index < -0.39 is 5.60 Å². The van der Waals surface area contributed by atoms with Crippen molar-refractivity contribution in [2.24, 2.45) is 0 Å². The summed E-state index contributed by atoms with van der Waals surface area (Å²) >= 11 is 0. The minimum atomic E-state index is -0.688. The molecule has 0 aliphatic carbocycles. The summed E-state index contributed by atoms with van der Waals surface area (Å²) in [5, 5.41) is 9.73. The predicted octanol–water partition coefficient (Wildman–Crippen LogP) is 2.63. The summed E-state index contributed by atoms with van der Waals surface area (Å²) in [6, 6.07) is 7.49. The fourth-order valence-corrected chi connectivity index (χ4v) is 2.22. The van der Waals surface area contributed by atoms with Crippen LogP contribution in [0.5, 0.6) is 0 Å². The van der Waals surface area contributed by atoms with Crippen LogP contribution in [0.3, 0.4) is 0 Å². The number of hydrogen-bond acceptors (Lipinski definition) is 3. The van der Waals surface area contributed by atoms with Crippen LogP contribution >= 0.6 is 0 Å². The molecule has 0 unspecified atom stereocenters. The lowest BCUT2D eigenvalue weighted by Gasteiger charge is -2.16. The molecule has 1 N–H and O–H groups in total. The molecule has 0 aromatic carbocycles. The summed E-state index contributed by atoms with van der Waals surface area (Å²) in [6.07, 6.45) is 5.60. The minimum Gasteiger partial charge on any atom is -0.390 e. The molecule has 0 saturated carbocycles. The number of nitrogens with zero attached hydrogens (tertiary/aromatic N) is 2. The largest absolute Gasteiger partial charge is 0.390 e. The Bertz CT molecular complexity index is 652. The second-order valence-electron chi connectivity index (χ2n) is 6.07. The van der Waals surface area contributed by atoms with E-state index in [2.05, 4.69) is 4.98 Å². The molecule has 0 atom stereocenters. The quantitative estimate of drug-likeness (QED) is 0.919. The molecule has 112 valence electrons. The van der Waals surface area contributed by atoms with Crippen molar-refractivity contribution in [1.29, 1.82) is 0 Å². The smallest absolute Gasteiger partial charge is 0.259 e. The summed E-state index contributed by atoms with van der Waals surface area (Å²) in [4.78, 5) is 16.8. The molecule has 0 saturated heterocycles. The van der Waals surface area contributed by atoms with Crippen LogP contribution in [0.4, 0.5) is 0 Å². The minimum absolute atomic E-state index is 0.0374. The van der Waals surface area contributed by atoms with Crippen LogP contribution in [0, 0.1) is 6.92 Å². The maximum Gasteiger partial charge on any atom is 0.259 e. The zero-order valence-corrected chi connectivity index (χ0v) is 12.8. The Kier molecular flexibility index (Phi) is 4.58. The SMILES string of the molecule is Cc1ccc(-n2cccc(CCCC(C)(C)O)c2=O)nc1. The topological polar surface area (TPSA) is 55.1 Å². The molecule has 4 nitrogen and oxygen atoms in total. The molecule has 4 heteroatoms. The highest BCUT2D eigenvalue weighted by molar-refractivity contribution is 5.27. The highest BCUT2D eigenvalue weighted by atomic mass is 16.3. The van der Waals surface area contributed by atoms with E-state index in [-0.39, 0.29) is 5.56 Å². The van der Waals surface area contributed by atoms with Gasteiger partial charge in [-0.05, 0) is 57.7 Å². The lowest BCUT2D eigenvalue weighted by atomic mass is 9.99. The highest BCUT2D eigenvalue weighted by Gasteiger charge is 2.13. The first-order valence-corrected chi connectivity index (χ1v) is 7.23. The fourth-order valence-electron chi connectivity index (χ4n) is 2.22. The van der Waals surface area contributed by atoms with Crippen LogP contribution in [0.1, 0.15) is 37.8 Å². The van der Waals surface area contributed by atoms with Gasteiger partial charge in [-0.15, -0.1) is 0 Å². The van der Waals surface area contributed by atoms with E-state index in [1.54, 1.807) is 30.8 Å². The lowest BCUT2D eigenvalue weighted by molar-refractivity contribution is 0.0689. The van der Waals surface area contributed by atoms with Gasteiger partial charge in [0, 0.05) is 18.0 Å². The summed E-state index contributed by atoms with van der Waals surface area (Å²) < 4.78 is 1.57. The van der Waals surface area contributed by atoms with Crippen molar-refractivity contribution in [3.8, 4) is 5.82 Å². The van der Waals surface area contributed by atoms with Crippen molar-refractivity contribution >= 4 is 0 Å². The molecule has 0 aliphatic rings. The number of hydrogen-bond donors (Lipinski definition) is 1. The molecule has 2 aromatic heterocycles. The van der Waals surface area contributed by atoms with E-state index in [0.29, 0.717) is 18.7 Å². The Balaban J connectivity index is 2.20. The van der Waals surface area contributed by atoms with Crippen molar-refractivity contribution in [3.05, 3.63) is 58.1 Å². The van der Waals surface area contributed by atoms with Gasteiger partial charge in [-0.3, -0.25) is 9.36 Å². The van der Waals surface area contributed by atoms with Gasteiger partial charge in [0.05, 0.1) is 5.60 Å². The molecule has 2 aromatic rings. The second kappa shape index (κ2) is 6.22. The molecular formula is C17H22N2O2. The zero-order valence-electron chi connectivity index (χ0n) is 12.8. The average molecular weight is 286 g/mol. The van der Waals surface area contributed by atoms with Gasteiger partial charge in [0.1, 0.15) is 5.82 Å². The molecule has 0 amide bonds. The molecule has 0 fully saturated rings. The van der Waals surface area contributed by atoms with E-state index in [1.165, 1.54) is 0 Å². The molecule has 0 aliphatic heterocycles. The van der Waals surface area contributed by atoms with Crippen molar-refractivity contribution in [2.75, 3.05) is 0 Å². The van der Waals surface area contributed by atoms with Gasteiger partial charge < -0.3 is 5.11 Å². The van der Waals surface area contributed by atoms with Crippen molar-refractivity contribution in [3.63, 3.8) is 0 Å². The second-order valence-corrected chi connectivity index (χ2v) is 6.07. The van der Waals surface area contributed by atoms with Crippen LogP contribution in [0.2, 0.25) is 0 Å². The first kappa shape index (κ1) is 15.4. The van der Waals surface area contributed by atoms with Crippen LogP contribution < -0.4 is 5.56 Å². The number of pyridine rings is 2.